The highest BCUT2D eigenvalue weighted by molar-refractivity contribution is 7.98. The van der Waals surface area contributed by atoms with Crippen LogP contribution in [0.2, 0.25) is 0 Å². The Hall–Kier alpha value is -1.14. The van der Waals surface area contributed by atoms with Crippen molar-refractivity contribution in [2.75, 3.05) is 12.0 Å². The Kier molecular flexibility index (Phi) is 5.58. The number of amides is 1. The second-order valence-corrected chi connectivity index (χ2v) is 6.31. The van der Waals surface area contributed by atoms with Crippen molar-refractivity contribution in [1.82, 2.24) is 4.90 Å². The SMILES string of the molecule is CSCC[C@@H](N)C(=O)N(Cc1ccc(F)cc1F)C1CC1. The number of rotatable bonds is 7. The lowest BCUT2D eigenvalue weighted by Crippen LogP contribution is -2.44. The number of hydrogen-bond acceptors (Lipinski definition) is 3. The lowest BCUT2D eigenvalue weighted by molar-refractivity contribution is -0.133. The van der Waals surface area contributed by atoms with Crippen LogP contribution in [0.4, 0.5) is 8.78 Å². The van der Waals surface area contributed by atoms with Gasteiger partial charge in [0.1, 0.15) is 11.6 Å². The molecule has 0 bridgehead atoms. The third-order valence-electron chi connectivity index (χ3n) is 3.58. The number of thioether (sulfide) groups is 1. The summed E-state index contributed by atoms with van der Waals surface area (Å²) in [5.41, 5.74) is 6.25. The fourth-order valence-electron chi connectivity index (χ4n) is 2.19. The Morgan fingerprint density at radius 2 is 2.19 bits per heavy atom. The van der Waals surface area contributed by atoms with Gasteiger partial charge in [-0.15, -0.1) is 0 Å². The second-order valence-electron chi connectivity index (χ2n) is 5.32. The zero-order chi connectivity index (χ0) is 15.4. The first-order valence-electron chi connectivity index (χ1n) is 7.02. The summed E-state index contributed by atoms with van der Waals surface area (Å²) >= 11 is 1.64. The standard InChI is InChI=1S/C15H20F2N2OS/c1-21-7-6-14(18)15(20)19(12-4-5-12)9-10-2-3-11(16)8-13(10)17/h2-3,8,12,14H,4-7,9,18H2,1H3/t14-/m1/s1. The summed E-state index contributed by atoms with van der Waals surface area (Å²) in [6.45, 7) is 0.155. The molecule has 0 radical (unpaired) electrons. The fraction of sp³-hybridized carbons (Fsp3) is 0.533. The summed E-state index contributed by atoms with van der Waals surface area (Å²) in [5.74, 6) is -0.560. The van der Waals surface area contributed by atoms with E-state index in [1.54, 1.807) is 16.7 Å². The smallest absolute Gasteiger partial charge is 0.240 e. The van der Waals surface area contributed by atoms with Gasteiger partial charge in [0.25, 0.3) is 0 Å². The molecule has 1 saturated carbocycles. The maximum absolute atomic E-state index is 13.7. The molecular weight excluding hydrogens is 294 g/mol. The molecule has 1 atom stereocenters. The average molecular weight is 314 g/mol. The average Bonchev–Trinajstić information content (AvgIpc) is 3.27. The summed E-state index contributed by atoms with van der Waals surface area (Å²) in [5, 5.41) is 0. The molecule has 0 aromatic heterocycles. The highest BCUT2D eigenvalue weighted by Crippen LogP contribution is 2.29. The molecule has 116 valence electrons. The van der Waals surface area contributed by atoms with Gasteiger partial charge in [-0.05, 0) is 37.3 Å². The molecule has 1 aromatic rings. The predicted molar refractivity (Wildman–Crippen MR) is 80.9 cm³/mol. The van der Waals surface area contributed by atoms with Gasteiger partial charge in [-0.1, -0.05) is 6.07 Å². The van der Waals surface area contributed by atoms with Crippen LogP contribution in [0.25, 0.3) is 0 Å². The minimum Gasteiger partial charge on any atom is -0.334 e. The third-order valence-corrected chi connectivity index (χ3v) is 4.22. The minimum absolute atomic E-state index is 0.141. The molecule has 0 spiro atoms. The van der Waals surface area contributed by atoms with Crippen molar-refractivity contribution in [3.05, 3.63) is 35.4 Å². The van der Waals surface area contributed by atoms with E-state index in [4.69, 9.17) is 5.73 Å². The van der Waals surface area contributed by atoms with Gasteiger partial charge in [-0.2, -0.15) is 11.8 Å². The van der Waals surface area contributed by atoms with Gasteiger partial charge in [0.15, 0.2) is 0 Å². The summed E-state index contributed by atoms with van der Waals surface area (Å²) < 4.78 is 26.7. The van der Waals surface area contributed by atoms with E-state index in [-0.39, 0.29) is 18.5 Å². The summed E-state index contributed by atoms with van der Waals surface area (Å²) in [6, 6.07) is 3.03. The first-order valence-corrected chi connectivity index (χ1v) is 8.41. The van der Waals surface area contributed by atoms with Crippen LogP contribution in [-0.2, 0) is 11.3 Å². The van der Waals surface area contributed by atoms with Gasteiger partial charge in [0.05, 0.1) is 6.04 Å². The molecule has 0 aliphatic heterocycles. The predicted octanol–water partition coefficient (Wildman–Crippen LogP) is 2.54. The van der Waals surface area contributed by atoms with Crippen molar-refractivity contribution >= 4 is 17.7 Å². The van der Waals surface area contributed by atoms with Crippen LogP contribution in [-0.4, -0.2) is 34.9 Å². The first-order chi connectivity index (χ1) is 10.0. The maximum atomic E-state index is 13.7. The van der Waals surface area contributed by atoms with E-state index in [0.717, 1.165) is 24.7 Å². The van der Waals surface area contributed by atoms with Crippen LogP contribution >= 0.6 is 11.8 Å². The minimum atomic E-state index is -0.619. The van der Waals surface area contributed by atoms with Crippen LogP contribution in [0.1, 0.15) is 24.8 Å². The first kappa shape index (κ1) is 16.2. The lowest BCUT2D eigenvalue weighted by atomic mass is 10.1. The summed E-state index contributed by atoms with van der Waals surface area (Å²) in [6.07, 6.45) is 4.41. The topological polar surface area (TPSA) is 46.3 Å². The summed E-state index contributed by atoms with van der Waals surface area (Å²) in [4.78, 5) is 14.0. The van der Waals surface area contributed by atoms with Crippen molar-refractivity contribution in [2.45, 2.75) is 37.9 Å². The zero-order valence-corrected chi connectivity index (χ0v) is 12.8. The molecule has 3 nitrogen and oxygen atoms in total. The number of hydrogen-bond donors (Lipinski definition) is 1. The van der Waals surface area contributed by atoms with Crippen LogP contribution in [0, 0.1) is 11.6 Å². The zero-order valence-electron chi connectivity index (χ0n) is 12.0. The molecule has 1 amide bonds. The Morgan fingerprint density at radius 1 is 1.48 bits per heavy atom. The summed E-state index contributed by atoms with van der Waals surface area (Å²) in [7, 11) is 0. The van der Waals surface area contributed by atoms with Crippen molar-refractivity contribution in [1.29, 1.82) is 0 Å². The number of halogens is 2. The van der Waals surface area contributed by atoms with E-state index >= 15 is 0 Å². The van der Waals surface area contributed by atoms with Gasteiger partial charge in [-0.25, -0.2) is 8.78 Å². The van der Waals surface area contributed by atoms with Crippen LogP contribution < -0.4 is 5.73 Å². The van der Waals surface area contributed by atoms with E-state index in [1.165, 1.54) is 12.1 Å². The van der Waals surface area contributed by atoms with Crippen LogP contribution in [0.15, 0.2) is 18.2 Å². The van der Waals surface area contributed by atoms with Crippen molar-refractivity contribution in [2.24, 2.45) is 5.73 Å². The quantitative estimate of drug-likeness (QED) is 0.841. The molecule has 1 aliphatic rings. The molecule has 1 aromatic carbocycles. The molecule has 0 saturated heterocycles. The molecule has 1 aliphatic carbocycles. The molecule has 0 unspecified atom stereocenters. The van der Waals surface area contributed by atoms with E-state index in [2.05, 4.69) is 0 Å². The Labute approximate surface area is 127 Å². The van der Waals surface area contributed by atoms with Crippen molar-refractivity contribution < 1.29 is 13.6 Å². The largest absolute Gasteiger partial charge is 0.334 e. The van der Waals surface area contributed by atoms with Gasteiger partial charge in [0.2, 0.25) is 5.91 Å². The van der Waals surface area contributed by atoms with E-state index < -0.39 is 17.7 Å². The Morgan fingerprint density at radius 3 is 2.76 bits per heavy atom. The highest BCUT2D eigenvalue weighted by atomic mass is 32.2. The van der Waals surface area contributed by atoms with E-state index in [0.29, 0.717) is 12.0 Å². The number of nitrogens with two attached hydrogens (primary N) is 1. The Balaban J connectivity index is 2.07. The molecule has 21 heavy (non-hydrogen) atoms. The molecule has 2 N–H and O–H groups in total. The monoisotopic (exact) mass is 314 g/mol. The van der Waals surface area contributed by atoms with Gasteiger partial charge in [-0.3, -0.25) is 4.79 Å². The maximum Gasteiger partial charge on any atom is 0.240 e. The number of nitrogens with zero attached hydrogens (tertiary/aromatic N) is 1. The molecular formula is C15H20F2N2OS. The normalized spacial score (nSPS) is 15.8. The molecule has 1 fully saturated rings. The lowest BCUT2D eigenvalue weighted by Gasteiger charge is -2.26. The molecule has 0 heterocycles. The van der Waals surface area contributed by atoms with Crippen molar-refractivity contribution in [3.8, 4) is 0 Å². The van der Waals surface area contributed by atoms with Crippen LogP contribution in [0.5, 0.6) is 0 Å². The van der Waals surface area contributed by atoms with E-state index in [1.807, 2.05) is 6.26 Å². The Bertz CT molecular complexity index is 508. The number of carbonyl (C=O) groups excluding carboxylic acids is 1. The second kappa shape index (κ2) is 7.22. The number of carbonyl (C=O) groups is 1. The van der Waals surface area contributed by atoms with Gasteiger partial charge >= 0.3 is 0 Å². The van der Waals surface area contributed by atoms with E-state index in [9.17, 15) is 13.6 Å². The molecule has 2 rings (SSSR count). The number of benzene rings is 1. The van der Waals surface area contributed by atoms with Crippen molar-refractivity contribution in [3.63, 3.8) is 0 Å². The molecule has 6 heteroatoms. The highest BCUT2D eigenvalue weighted by Gasteiger charge is 2.35. The third kappa shape index (κ3) is 4.41. The fourth-order valence-corrected chi connectivity index (χ4v) is 2.68. The van der Waals surface area contributed by atoms with Gasteiger partial charge in [0, 0.05) is 24.2 Å². The van der Waals surface area contributed by atoms with Crippen LogP contribution in [0.3, 0.4) is 0 Å². The van der Waals surface area contributed by atoms with Gasteiger partial charge < -0.3 is 10.6 Å².